The molecule has 2 heteroatoms. The van der Waals surface area contributed by atoms with E-state index >= 15 is 0 Å². The number of fused-ring (bicyclic) bond motifs is 2. The Bertz CT molecular complexity index is 4290. The summed E-state index contributed by atoms with van der Waals surface area (Å²) >= 11 is 0. The van der Waals surface area contributed by atoms with Crippen molar-refractivity contribution in [2.75, 3.05) is 9.80 Å². The Hall–Kier alpha value is -10.8. The molecule has 82 heavy (non-hydrogen) atoms. The molecule has 0 aromatic heterocycles. The van der Waals surface area contributed by atoms with E-state index in [1.54, 1.807) is 0 Å². The van der Waals surface area contributed by atoms with Gasteiger partial charge < -0.3 is 9.80 Å². The molecule has 0 saturated carbocycles. The summed E-state index contributed by atoms with van der Waals surface area (Å²) in [7, 11) is 0. The summed E-state index contributed by atoms with van der Waals surface area (Å²) in [4.78, 5) is 4.81. The van der Waals surface area contributed by atoms with Crippen molar-refractivity contribution in [1.29, 1.82) is 0 Å². The van der Waals surface area contributed by atoms with Crippen LogP contribution in [0, 0.1) is 0 Å². The highest BCUT2D eigenvalue weighted by Crippen LogP contribution is 2.49. The summed E-state index contributed by atoms with van der Waals surface area (Å²) in [5, 5.41) is 4.68. The second-order valence-corrected chi connectivity index (χ2v) is 20.8. The fourth-order valence-corrected chi connectivity index (χ4v) is 11.8. The van der Waals surface area contributed by atoms with Crippen LogP contribution in [0.15, 0.2) is 340 Å². The zero-order chi connectivity index (χ0) is 54.6. The molecule has 0 aliphatic carbocycles. The third-order valence-corrected chi connectivity index (χ3v) is 15.9. The van der Waals surface area contributed by atoms with Crippen LogP contribution in [0.2, 0.25) is 0 Å². The SMILES string of the molecule is c1ccc(-c2ccc(-c3c4ccc(N(c5ccc(-c6ccccc6)cc5)c5ccc(-c6ccccc6)cc5)cc4c(-c4ccccc4)c4ccc(N(c5ccc(-c6ccccc6)cc5)c5ccc(-c6ccccc6)cc5)cc34)cc2)cc1. The summed E-state index contributed by atoms with van der Waals surface area (Å²) in [5.74, 6) is 0. The molecule has 0 unspecified atom stereocenters. The lowest BCUT2D eigenvalue weighted by Crippen LogP contribution is -2.10. The van der Waals surface area contributed by atoms with E-state index in [-0.39, 0.29) is 0 Å². The molecule has 14 rings (SSSR count). The molecule has 0 heterocycles. The van der Waals surface area contributed by atoms with Crippen molar-refractivity contribution in [3.8, 4) is 77.9 Å². The smallest absolute Gasteiger partial charge is 0.0468 e. The van der Waals surface area contributed by atoms with E-state index in [1.165, 1.54) is 88.3 Å². The van der Waals surface area contributed by atoms with E-state index < -0.39 is 0 Å². The first-order valence-electron chi connectivity index (χ1n) is 28.1. The van der Waals surface area contributed by atoms with Gasteiger partial charge in [-0.15, -0.1) is 0 Å². The van der Waals surface area contributed by atoms with Gasteiger partial charge >= 0.3 is 0 Å². The van der Waals surface area contributed by atoms with Crippen LogP contribution >= 0.6 is 0 Å². The van der Waals surface area contributed by atoms with Gasteiger partial charge in [-0.1, -0.05) is 267 Å². The van der Waals surface area contributed by atoms with Gasteiger partial charge in [0.2, 0.25) is 0 Å². The lowest BCUT2D eigenvalue weighted by atomic mass is 9.85. The fourth-order valence-electron chi connectivity index (χ4n) is 11.8. The number of rotatable bonds is 13. The predicted octanol–water partition coefficient (Wildman–Crippen LogP) is 22.6. The molecule has 0 N–H and O–H groups in total. The minimum atomic E-state index is 1.06. The third-order valence-electron chi connectivity index (χ3n) is 15.9. The third kappa shape index (κ3) is 9.80. The Balaban J connectivity index is 0.995. The molecule has 0 atom stereocenters. The molecular formula is C80H56N2. The van der Waals surface area contributed by atoms with E-state index in [2.05, 4.69) is 350 Å². The summed E-state index contributed by atoms with van der Waals surface area (Å²) in [6.45, 7) is 0. The van der Waals surface area contributed by atoms with Crippen LogP contribution in [-0.4, -0.2) is 0 Å². The minimum absolute atomic E-state index is 1.06. The Kier molecular flexibility index (Phi) is 13.4. The molecule has 0 radical (unpaired) electrons. The van der Waals surface area contributed by atoms with Crippen LogP contribution < -0.4 is 9.80 Å². The van der Waals surface area contributed by atoms with Crippen LogP contribution in [0.5, 0.6) is 0 Å². The Morgan fingerprint density at radius 3 is 0.573 bits per heavy atom. The van der Waals surface area contributed by atoms with E-state index in [9.17, 15) is 0 Å². The largest absolute Gasteiger partial charge is 0.310 e. The maximum absolute atomic E-state index is 2.43. The first-order chi connectivity index (χ1) is 40.7. The van der Waals surface area contributed by atoms with Crippen molar-refractivity contribution in [2.24, 2.45) is 0 Å². The number of nitrogens with zero attached hydrogens (tertiary/aromatic N) is 2. The molecule has 14 aromatic rings. The van der Waals surface area contributed by atoms with Crippen LogP contribution in [0.4, 0.5) is 34.1 Å². The monoisotopic (exact) mass is 1040 g/mol. The van der Waals surface area contributed by atoms with Gasteiger partial charge in [-0.3, -0.25) is 0 Å². The second-order valence-electron chi connectivity index (χ2n) is 20.8. The Morgan fingerprint density at radius 2 is 0.317 bits per heavy atom. The normalized spacial score (nSPS) is 11.2. The average Bonchev–Trinajstić information content (AvgIpc) is 3.74. The maximum Gasteiger partial charge on any atom is 0.0468 e. The van der Waals surface area contributed by atoms with Gasteiger partial charge in [0.1, 0.15) is 0 Å². The quantitative estimate of drug-likeness (QED) is 0.106. The Morgan fingerprint density at radius 1 is 0.134 bits per heavy atom. The van der Waals surface area contributed by atoms with Crippen molar-refractivity contribution in [2.45, 2.75) is 0 Å². The van der Waals surface area contributed by atoms with Crippen LogP contribution in [0.3, 0.4) is 0 Å². The van der Waals surface area contributed by atoms with Crippen molar-refractivity contribution in [3.05, 3.63) is 340 Å². The molecule has 0 amide bonds. The first kappa shape index (κ1) is 49.5. The molecule has 14 aromatic carbocycles. The van der Waals surface area contributed by atoms with E-state index in [0.717, 1.165) is 45.3 Å². The number of hydrogen-bond acceptors (Lipinski definition) is 2. The van der Waals surface area contributed by atoms with E-state index in [4.69, 9.17) is 0 Å². The van der Waals surface area contributed by atoms with Crippen LogP contribution in [-0.2, 0) is 0 Å². The van der Waals surface area contributed by atoms with Gasteiger partial charge in [-0.25, -0.2) is 0 Å². The van der Waals surface area contributed by atoms with E-state index in [0.29, 0.717) is 0 Å². The van der Waals surface area contributed by atoms with E-state index in [1.807, 2.05) is 0 Å². The van der Waals surface area contributed by atoms with Gasteiger partial charge in [0.15, 0.2) is 0 Å². The molecule has 0 saturated heterocycles. The highest BCUT2D eigenvalue weighted by atomic mass is 15.1. The van der Waals surface area contributed by atoms with Crippen molar-refractivity contribution >= 4 is 55.7 Å². The zero-order valence-corrected chi connectivity index (χ0v) is 45.2. The lowest BCUT2D eigenvalue weighted by molar-refractivity contribution is 1.29. The van der Waals surface area contributed by atoms with Crippen molar-refractivity contribution in [3.63, 3.8) is 0 Å². The number of hydrogen-bond donors (Lipinski definition) is 0. The molecule has 2 nitrogen and oxygen atoms in total. The summed E-state index contributed by atoms with van der Waals surface area (Å²) < 4.78 is 0. The molecule has 0 aliphatic heterocycles. The van der Waals surface area contributed by atoms with Gasteiger partial charge in [-0.05, 0) is 172 Å². The van der Waals surface area contributed by atoms with Crippen LogP contribution in [0.1, 0.15) is 0 Å². The molecule has 0 bridgehead atoms. The standard InChI is InChI=1S/C80H56N2/c1-7-19-57(20-8-1)62-31-33-68(34-32-62)80-76-54-52-73(81(69-43-35-63(36-44-69)58-21-9-2-10-22-58)70-45-37-64(38-46-70)59-23-11-3-12-24-59)55-77(76)79(67-29-17-6-18-30-67)75-53-51-74(56-78(75)80)82(71-47-39-65(40-48-71)60-25-13-4-14-26-60)72-49-41-66(42-50-72)61-27-15-5-16-28-61/h1-56H. The van der Waals surface area contributed by atoms with Gasteiger partial charge in [0.25, 0.3) is 0 Å². The molecule has 386 valence electrons. The second kappa shape index (κ2) is 22.1. The summed E-state index contributed by atoms with van der Waals surface area (Å²) in [6, 6.07) is 124. The van der Waals surface area contributed by atoms with Gasteiger partial charge in [0.05, 0.1) is 0 Å². The number of benzene rings is 14. The molecule has 0 fully saturated rings. The van der Waals surface area contributed by atoms with Gasteiger partial charge in [0, 0.05) is 34.1 Å². The van der Waals surface area contributed by atoms with Crippen LogP contribution in [0.25, 0.3) is 99.4 Å². The lowest BCUT2D eigenvalue weighted by Gasteiger charge is -2.28. The average molecular weight is 1050 g/mol. The van der Waals surface area contributed by atoms with Crippen molar-refractivity contribution in [1.82, 2.24) is 0 Å². The van der Waals surface area contributed by atoms with Crippen molar-refractivity contribution < 1.29 is 0 Å². The van der Waals surface area contributed by atoms with Gasteiger partial charge in [-0.2, -0.15) is 0 Å². The molecule has 0 spiro atoms. The molecule has 0 aliphatic rings. The molecular weight excluding hydrogens is 989 g/mol. The minimum Gasteiger partial charge on any atom is -0.310 e. The predicted molar refractivity (Wildman–Crippen MR) is 349 cm³/mol. The summed E-state index contributed by atoms with van der Waals surface area (Å²) in [5.41, 5.74) is 22.9. The highest BCUT2D eigenvalue weighted by Gasteiger charge is 2.23. The number of anilines is 6. The topological polar surface area (TPSA) is 6.48 Å². The first-order valence-corrected chi connectivity index (χ1v) is 28.1. The Labute approximate surface area is 480 Å². The fraction of sp³-hybridized carbons (Fsp3) is 0. The summed E-state index contributed by atoms with van der Waals surface area (Å²) in [6.07, 6.45) is 0. The maximum atomic E-state index is 2.43. The zero-order valence-electron chi connectivity index (χ0n) is 45.2. The highest BCUT2D eigenvalue weighted by molar-refractivity contribution is 6.22.